The number of hydrogen-bond acceptors (Lipinski definition) is 5. The number of rotatable bonds is 3. The summed E-state index contributed by atoms with van der Waals surface area (Å²) in [7, 11) is 0. The van der Waals surface area contributed by atoms with Crippen LogP contribution in [0, 0.1) is 17.0 Å². The molecule has 19 heavy (non-hydrogen) atoms. The summed E-state index contributed by atoms with van der Waals surface area (Å²) in [5, 5.41) is 10.7. The molecule has 6 nitrogen and oxygen atoms in total. The van der Waals surface area contributed by atoms with Crippen molar-refractivity contribution in [3.05, 3.63) is 27.9 Å². The van der Waals surface area contributed by atoms with Gasteiger partial charge >= 0.3 is 0 Å². The predicted molar refractivity (Wildman–Crippen MR) is 71.1 cm³/mol. The lowest BCUT2D eigenvalue weighted by atomic mass is 10.1. The van der Waals surface area contributed by atoms with Crippen molar-refractivity contribution in [3.63, 3.8) is 0 Å². The second kappa shape index (κ2) is 5.97. The average Bonchev–Trinajstić information content (AvgIpc) is 2.57. The van der Waals surface area contributed by atoms with Gasteiger partial charge in [-0.2, -0.15) is 0 Å². The SMILES string of the molecule is Cc1cc([N+](=O)[O-])cnc1OC1CCCCCC1N. The summed E-state index contributed by atoms with van der Waals surface area (Å²) >= 11 is 0. The van der Waals surface area contributed by atoms with E-state index < -0.39 is 4.92 Å². The molecule has 2 atom stereocenters. The summed E-state index contributed by atoms with van der Waals surface area (Å²) in [4.78, 5) is 14.2. The minimum Gasteiger partial charge on any atom is -0.473 e. The smallest absolute Gasteiger partial charge is 0.288 e. The summed E-state index contributed by atoms with van der Waals surface area (Å²) in [6, 6.07) is 1.49. The van der Waals surface area contributed by atoms with Crippen LogP contribution in [0.25, 0.3) is 0 Å². The maximum absolute atomic E-state index is 10.7. The summed E-state index contributed by atoms with van der Waals surface area (Å²) in [6.45, 7) is 1.76. The Balaban J connectivity index is 2.11. The number of hydrogen-bond donors (Lipinski definition) is 1. The Hall–Kier alpha value is -1.69. The lowest BCUT2D eigenvalue weighted by Crippen LogP contribution is -2.38. The molecule has 1 fully saturated rings. The summed E-state index contributed by atoms with van der Waals surface area (Å²) in [5.74, 6) is 0.452. The maximum atomic E-state index is 10.7. The highest BCUT2D eigenvalue weighted by molar-refractivity contribution is 5.36. The van der Waals surface area contributed by atoms with Gasteiger partial charge in [0, 0.05) is 17.7 Å². The van der Waals surface area contributed by atoms with Crippen LogP contribution in [0.15, 0.2) is 12.3 Å². The van der Waals surface area contributed by atoms with Crippen LogP contribution in [-0.2, 0) is 0 Å². The van der Waals surface area contributed by atoms with Gasteiger partial charge in [0.2, 0.25) is 5.88 Å². The Morgan fingerprint density at radius 2 is 2.16 bits per heavy atom. The topological polar surface area (TPSA) is 91.3 Å². The van der Waals surface area contributed by atoms with Gasteiger partial charge in [0.25, 0.3) is 5.69 Å². The summed E-state index contributed by atoms with van der Waals surface area (Å²) < 4.78 is 5.85. The lowest BCUT2D eigenvalue weighted by Gasteiger charge is -2.22. The number of pyridine rings is 1. The van der Waals surface area contributed by atoms with Crippen LogP contribution in [0.4, 0.5) is 5.69 Å². The number of nitrogens with zero attached hydrogens (tertiary/aromatic N) is 2. The van der Waals surface area contributed by atoms with Gasteiger partial charge in [0.1, 0.15) is 12.3 Å². The first kappa shape index (κ1) is 13.7. The molecule has 0 spiro atoms. The molecule has 0 aliphatic heterocycles. The van der Waals surface area contributed by atoms with Crippen LogP contribution in [0.2, 0.25) is 0 Å². The molecule has 0 amide bonds. The van der Waals surface area contributed by atoms with Gasteiger partial charge in [0.05, 0.1) is 4.92 Å². The van der Waals surface area contributed by atoms with Gasteiger partial charge in [-0.05, 0) is 26.2 Å². The molecule has 0 aromatic carbocycles. The van der Waals surface area contributed by atoms with Crippen molar-refractivity contribution in [1.82, 2.24) is 4.98 Å². The molecule has 1 aromatic heterocycles. The van der Waals surface area contributed by atoms with E-state index in [1.165, 1.54) is 18.7 Å². The monoisotopic (exact) mass is 265 g/mol. The fourth-order valence-electron chi connectivity index (χ4n) is 2.36. The minimum absolute atomic E-state index is 0.0129. The van der Waals surface area contributed by atoms with Crippen LogP contribution < -0.4 is 10.5 Å². The Bertz CT molecular complexity index is 464. The Morgan fingerprint density at radius 3 is 2.84 bits per heavy atom. The largest absolute Gasteiger partial charge is 0.473 e. The van der Waals surface area contributed by atoms with E-state index in [9.17, 15) is 10.1 Å². The third-order valence-corrected chi connectivity index (χ3v) is 3.49. The summed E-state index contributed by atoms with van der Waals surface area (Å²) in [6.07, 6.45) is 6.47. The maximum Gasteiger partial charge on any atom is 0.288 e. The van der Waals surface area contributed by atoms with E-state index in [-0.39, 0.29) is 17.8 Å². The van der Waals surface area contributed by atoms with E-state index in [1.807, 2.05) is 0 Å². The molecule has 1 aliphatic carbocycles. The third-order valence-electron chi connectivity index (χ3n) is 3.49. The average molecular weight is 265 g/mol. The summed E-state index contributed by atoms with van der Waals surface area (Å²) in [5.41, 5.74) is 6.75. The molecule has 1 heterocycles. The van der Waals surface area contributed by atoms with Crippen LogP contribution >= 0.6 is 0 Å². The standard InChI is InChI=1S/C13H19N3O3/c1-9-7-10(16(17)18)8-15-13(9)19-12-6-4-2-3-5-11(12)14/h7-8,11-12H,2-6,14H2,1H3. The van der Waals surface area contributed by atoms with Crippen LogP contribution in [0.5, 0.6) is 5.88 Å². The first-order valence-corrected chi connectivity index (χ1v) is 6.61. The second-order valence-electron chi connectivity index (χ2n) is 5.03. The zero-order valence-electron chi connectivity index (χ0n) is 11.0. The van der Waals surface area contributed by atoms with E-state index in [4.69, 9.17) is 10.5 Å². The van der Waals surface area contributed by atoms with E-state index >= 15 is 0 Å². The van der Waals surface area contributed by atoms with Crippen molar-refractivity contribution in [1.29, 1.82) is 0 Å². The molecule has 104 valence electrons. The molecular weight excluding hydrogens is 246 g/mol. The van der Waals surface area contributed by atoms with Gasteiger partial charge in [-0.1, -0.05) is 12.8 Å². The molecule has 1 aromatic rings. The van der Waals surface area contributed by atoms with E-state index in [0.29, 0.717) is 11.4 Å². The van der Waals surface area contributed by atoms with Crippen molar-refractivity contribution in [2.24, 2.45) is 5.73 Å². The highest BCUT2D eigenvalue weighted by Crippen LogP contribution is 2.25. The van der Waals surface area contributed by atoms with Crippen molar-refractivity contribution >= 4 is 5.69 Å². The molecule has 6 heteroatoms. The van der Waals surface area contributed by atoms with Crippen molar-refractivity contribution in [2.75, 3.05) is 0 Å². The van der Waals surface area contributed by atoms with Crippen LogP contribution in [0.3, 0.4) is 0 Å². The molecule has 1 aliphatic rings. The van der Waals surface area contributed by atoms with Crippen LogP contribution in [-0.4, -0.2) is 22.1 Å². The normalized spacial score (nSPS) is 23.7. The Kier molecular flexibility index (Phi) is 4.31. The zero-order chi connectivity index (χ0) is 13.8. The first-order chi connectivity index (χ1) is 9.08. The number of nitro groups is 1. The molecular formula is C13H19N3O3. The number of nitrogens with two attached hydrogens (primary N) is 1. The highest BCUT2D eigenvalue weighted by Gasteiger charge is 2.23. The van der Waals surface area contributed by atoms with E-state index in [2.05, 4.69) is 4.98 Å². The molecule has 2 unspecified atom stereocenters. The van der Waals surface area contributed by atoms with E-state index in [0.717, 1.165) is 25.7 Å². The lowest BCUT2D eigenvalue weighted by molar-refractivity contribution is -0.385. The van der Waals surface area contributed by atoms with Gasteiger partial charge in [-0.15, -0.1) is 0 Å². The van der Waals surface area contributed by atoms with Gasteiger partial charge in [-0.25, -0.2) is 4.98 Å². The number of aryl methyl sites for hydroxylation is 1. The second-order valence-corrected chi connectivity index (χ2v) is 5.03. The van der Waals surface area contributed by atoms with Gasteiger partial charge in [-0.3, -0.25) is 10.1 Å². The number of aromatic nitrogens is 1. The molecule has 0 saturated heterocycles. The van der Waals surface area contributed by atoms with Crippen molar-refractivity contribution < 1.29 is 9.66 Å². The molecule has 1 saturated carbocycles. The quantitative estimate of drug-likeness (QED) is 0.514. The van der Waals surface area contributed by atoms with Gasteiger partial charge < -0.3 is 10.5 Å². The zero-order valence-corrected chi connectivity index (χ0v) is 11.0. The number of ether oxygens (including phenoxy) is 1. The van der Waals surface area contributed by atoms with Gasteiger partial charge in [0.15, 0.2) is 0 Å². The molecule has 0 radical (unpaired) electrons. The Labute approximate surface area is 112 Å². The van der Waals surface area contributed by atoms with Crippen molar-refractivity contribution in [2.45, 2.75) is 51.2 Å². The highest BCUT2D eigenvalue weighted by atomic mass is 16.6. The third kappa shape index (κ3) is 3.41. The molecule has 2 rings (SSSR count). The first-order valence-electron chi connectivity index (χ1n) is 6.61. The Morgan fingerprint density at radius 1 is 1.42 bits per heavy atom. The van der Waals surface area contributed by atoms with Crippen LogP contribution in [0.1, 0.15) is 37.7 Å². The fourth-order valence-corrected chi connectivity index (χ4v) is 2.36. The van der Waals surface area contributed by atoms with Crippen molar-refractivity contribution in [3.8, 4) is 5.88 Å². The molecule has 0 bridgehead atoms. The molecule has 2 N–H and O–H groups in total. The fraction of sp³-hybridized carbons (Fsp3) is 0.615. The minimum atomic E-state index is -0.457. The van der Waals surface area contributed by atoms with E-state index in [1.54, 1.807) is 6.92 Å². The predicted octanol–water partition coefficient (Wildman–Crippen LogP) is 2.34.